The van der Waals surface area contributed by atoms with Gasteiger partial charge in [0.15, 0.2) is 6.73 Å². The number of piperidine rings is 1. The lowest BCUT2D eigenvalue weighted by Crippen LogP contribution is -2.41. The molecule has 2 aromatic rings. The van der Waals surface area contributed by atoms with Crippen LogP contribution >= 0.6 is 0 Å². The van der Waals surface area contributed by atoms with Crippen LogP contribution < -0.4 is 15.4 Å². The number of nitrogens with one attached hydrogen (secondary N) is 2. The molecule has 2 heterocycles. The fourth-order valence-corrected chi connectivity index (χ4v) is 3.72. The highest BCUT2D eigenvalue weighted by Crippen LogP contribution is 2.31. The lowest BCUT2D eigenvalue weighted by atomic mass is 9.90. The minimum absolute atomic E-state index is 0.120. The molecule has 0 aromatic heterocycles. The van der Waals surface area contributed by atoms with Crippen molar-refractivity contribution in [1.82, 2.24) is 4.90 Å². The molecule has 6 heteroatoms. The van der Waals surface area contributed by atoms with E-state index in [1.165, 1.54) is 12.1 Å². The zero-order chi connectivity index (χ0) is 18.6. The van der Waals surface area contributed by atoms with Gasteiger partial charge in [-0.2, -0.15) is 0 Å². The summed E-state index contributed by atoms with van der Waals surface area (Å²) in [6.07, 6.45) is 2.92. The van der Waals surface area contributed by atoms with Crippen molar-refractivity contribution in [2.45, 2.75) is 19.3 Å². The zero-order valence-electron chi connectivity index (χ0n) is 15.2. The first-order valence-corrected chi connectivity index (χ1v) is 9.44. The molecule has 0 saturated carbocycles. The molecular formula is C21H24FN3O2. The average molecular weight is 369 g/mol. The molecule has 0 unspecified atom stereocenters. The average Bonchev–Trinajstić information content (AvgIpc) is 3.16. The molecule has 0 aliphatic carbocycles. The Balaban J connectivity index is 1.23. The van der Waals surface area contributed by atoms with E-state index in [4.69, 9.17) is 4.74 Å². The van der Waals surface area contributed by atoms with Crippen LogP contribution in [-0.2, 0) is 11.2 Å². The smallest absolute Gasteiger partial charge is 0.241 e. The number of carbonyl (C=O) groups is 1. The molecule has 0 radical (unpaired) electrons. The van der Waals surface area contributed by atoms with Gasteiger partial charge in [-0.15, -0.1) is 0 Å². The molecule has 0 spiro atoms. The summed E-state index contributed by atoms with van der Waals surface area (Å²) in [5.74, 6) is 1.29. The van der Waals surface area contributed by atoms with Crippen molar-refractivity contribution < 1.29 is 13.9 Å². The number of halogens is 1. The van der Waals surface area contributed by atoms with Crippen LogP contribution in [0.2, 0.25) is 0 Å². The summed E-state index contributed by atoms with van der Waals surface area (Å²) >= 11 is 0. The summed E-state index contributed by atoms with van der Waals surface area (Å²) in [6, 6.07) is 12.6. The minimum atomic E-state index is -0.196. The molecule has 2 aliphatic heterocycles. The van der Waals surface area contributed by atoms with Gasteiger partial charge >= 0.3 is 0 Å². The lowest BCUT2D eigenvalue weighted by Gasteiger charge is -2.32. The van der Waals surface area contributed by atoms with E-state index in [0.29, 0.717) is 12.6 Å². The number of benzene rings is 2. The van der Waals surface area contributed by atoms with Gasteiger partial charge in [-0.05, 0) is 55.0 Å². The number of ether oxygens (including phenoxy) is 1. The topological polar surface area (TPSA) is 53.6 Å². The van der Waals surface area contributed by atoms with Crippen LogP contribution in [0.4, 0.5) is 15.8 Å². The molecule has 2 aliphatic rings. The number of hydrogen-bond donors (Lipinski definition) is 2. The number of amides is 1. The van der Waals surface area contributed by atoms with Crippen LogP contribution in [0.3, 0.4) is 0 Å². The van der Waals surface area contributed by atoms with Crippen molar-refractivity contribution in [3.8, 4) is 5.75 Å². The molecular weight excluding hydrogens is 345 g/mol. The summed E-state index contributed by atoms with van der Waals surface area (Å²) in [6.45, 7) is 2.34. The van der Waals surface area contributed by atoms with Crippen LogP contribution in [0.1, 0.15) is 18.4 Å². The number of anilines is 2. The predicted molar refractivity (Wildman–Crippen MR) is 103 cm³/mol. The van der Waals surface area contributed by atoms with Crippen LogP contribution in [0.25, 0.3) is 0 Å². The van der Waals surface area contributed by atoms with E-state index in [2.05, 4.69) is 10.6 Å². The second-order valence-electron chi connectivity index (χ2n) is 7.18. The highest BCUT2D eigenvalue weighted by molar-refractivity contribution is 5.81. The van der Waals surface area contributed by atoms with E-state index < -0.39 is 0 Å². The number of likely N-dealkylation sites (tertiary alicyclic amines) is 1. The summed E-state index contributed by atoms with van der Waals surface area (Å²) in [7, 11) is 0. The van der Waals surface area contributed by atoms with Gasteiger partial charge in [0.1, 0.15) is 11.6 Å². The second-order valence-corrected chi connectivity index (χ2v) is 7.18. The van der Waals surface area contributed by atoms with Gasteiger partial charge in [0.2, 0.25) is 5.91 Å². The Labute approximate surface area is 158 Å². The number of nitrogens with zero attached hydrogens (tertiary/aromatic N) is 1. The second kappa shape index (κ2) is 7.86. The Morgan fingerprint density at radius 3 is 2.74 bits per heavy atom. The fraction of sp³-hybridized carbons (Fsp3) is 0.381. The van der Waals surface area contributed by atoms with E-state index in [1.54, 1.807) is 0 Å². The van der Waals surface area contributed by atoms with Crippen LogP contribution in [0, 0.1) is 11.7 Å². The van der Waals surface area contributed by atoms with Gasteiger partial charge in [0, 0.05) is 24.8 Å². The van der Waals surface area contributed by atoms with Crippen LogP contribution in [0.5, 0.6) is 5.75 Å². The number of rotatable bonds is 5. The third kappa shape index (κ3) is 4.32. The predicted octanol–water partition coefficient (Wildman–Crippen LogP) is 3.48. The fourth-order valence-electron chi connectivity index (χ4n) is 3.72. The molecule has 2 N–H and O–H groups in total. The molecule has 4 rings (SSSR count). The summed E-state index contributed by atoms with van der Waals surface area (Å²) in [5, 5.41) is 6.32. The van der Waals surface area contributed by atoms with E-state index >= 15 is 0 Å². The highest BCUT2D eigenvalue weighted by Gasteiger charge is 2.23. The maximum atomic E-state index is 13.0. The van der Waals surface area contributed by atoms with Crippen molar-refractivity contribution in [3.05, 3.63) is 53.8 Å². The maximum absolute atomic E-state index is 13.0. The molecule has 27 heavy (non-hydrogen) atoms. The Hall–Kier alpha value is -2.76. The number of fused-ring (bicyclic) bond motifs is 1. The van der Waals surface area contributed by atoms with Gasteiger partial charge < -0.3 is 20.3 Å². The van der Waals surface area contributed by atoms with Crippen molar-refractivity contribution in [2.24, 2.45) is 5.92 Å². The maximum Gasteiger partial charge on any atom is 0.241 e. The summed E-state index contributed by atoms with van der Waals surface area (Å²) < 4.78 is 18.5. The Morgan fingerprint density at radius 1 is 1.19 bits per heavy atom. The van der Waals surface area contributed by atoms with E-state index in [1.807, 2.05) is 35.2 Å². The Kier molecular flexibility index (Phi) is 5.14. The van der Waals surface area contributed by atoms with Gasteiger partial charge in [0.25, 0.3) is 0 Å². The SMILES string of the molecule is O=C(CNc1ccc2c(c1)OCN2)N1CCC(Cc2ccc(F)cc2)CC1. The first kappa shape index (κ1) is 17.6. The number of carbonyl (C=O) groups excluding carboxylic acids is 1. The normalized spacial score (nSPS) is 16.4. The molecule has 1 fully saturated rings. The van der Waals surface area contributed by atoms with Gasteiger partial charge in [-0.1, -0.05) is 12.1 Å². The molecule has 142 valence electrons. The molecule has 5 nitrogen and oxygen atoms in total. The van der Waals surface area contributed by atoms with Crippen LogP contribution in [-0.4, -0.2) is 37.2 Å². The first-order chi connectivity index (χ1) is 13.2. The monoisotopic (exact) mass is 369 g/mol. The van der Waals surface area contributed by atoms with Gasteiger partial charge in [-0.25, -0.2) is 4.39 Å². The lowest BCUT2D eigenvalue weighted by molar-refractivity contribution is -0.130. The minimum Gasteiger partial charge on any atom is -0.471 e. The molecule has 2 aromatic carbocycles. The largest absolute Gasteiger partial charge is 0.471 e. The molecule has 0 bridgehead atoms. The third-order valence-corrected chi connectivity index (χ3v) is 5.32. The van der Waals surface area contributed by atoms with Gasteiger partial charge in [0.05, 0.1) is 12.2 Å². The third-order valence-electron chi connectivity index (χ3n) is 5.32. The van der Waals surface area contributed by atoms with Crippen molar-refractivity contribution >= 4 is 17.3 Å². The summed E-state index contributed by atoms with van der Waals surface area (Å²) in [4.78, 5) is 14.4. The molecule has 1 amide bonds. The van der Waals surface area contributed by atoms with E-state index in [0.717, 1.165) is 55.0 Å². The van der Waals surface area contributed by atoms with E-state index in [-0.39, 0.29) is 18.3 Å². The highest BCUT2D eigenvalue weighted by atomic mass is 19.1. The Bertz CT molecular complexity index is 802. The number of hydrogen-bond acceptors (Lipinski definition) is 4. The van der Waals surface area contributed by atoms with Crippen LogP contribution in [0.15, 0.2) is 42.5 Å². The van der Waals surface area contributed by atoms with Crippen molar-refractivity contribution in [3.63, 3.8) is 0 Å². The first-order valence-electron chi connectivity index (χ1n) is 9.44. The Morgan fingerprint density at radius 2 is 1.96 bits per heavy atom. The standard InChI is InChI=1S/C21H24FN3O2/c22-17-3-1-15(2-4-17)11-16-7-9-25(10-8-16)21(26)13-23-18-5-6-19-20(12-18)27-14-24-19/h1-6,12,16,23-24H,7-11,13-14H2. The zero-order valence-corrected chi connectivity index (χ0v) is 15.2. The van der Waals surface area contributed by atoms with E-state index in [9.17, 15) is 9.18 Å². The van der Waals surface area contributed by atoms with Gasteiger partial charge in [-0.3, -0.25) is 4.79 Å². The van der Waals surface area contributed by atoms with Crippen molar-refractivity contribution in [2.75, 3.05) is 37.0 Å². The quantitative estimate of drug-likeness (QED) is 0.847. The summed E-state index contributed by atoms with van der Waals surface area (Å²) in [5.41, 5.74) is 3.03. The molecule has 0 atom stereocenters. The molecule has 1 saturated heterocycles. The van der Waals surface area contributed by atoms with Crippen molar-refractivity contribution in [1.29, 1.82) is 0 Å².